The number of carbonyl (C=O) groups is 1. The van der Waals surface area contributed by atoms with Crippen LogP contribution in [0, 0.1) is 0 Å². The van der Waals surface area contributed by atoms with Crippen LogP contribution in [-0.2, 0) is 30.6 Å². The van der Waals surface area contributed by atoms with Crippen molar-refractivity contribution in [1.29, 1.82) is 0 Å². The molecule has 9 nitrogen and oxygen atoms in total. The van der Waals surface area contributed by atoms with Gasteiger partial charge in [-0.2, -0.15) is 5.10 Å². The summed E-state index contributed by atoms with van der Waals surface area (Å²) in [4.78, 5) is 20.6. The third-order valence-corrected chi connectivity index (χ3v) is 2.49. The topological polar surface area (TPSA) is 103 Å². The molecule has 136 valence electrons. The molecule has 0 aliphatic carbocycles. The molecule has 9 heteroatoms. The van der Waals surface area contributed by atoms with E-state index < -0.39 is 5.97 Å². The van der Waals surface area contributed by atoms with E-state index in [9.17, 15) is 4.79 Å². The molecular weight excluding hydrogens is 328 g/mol. The molecule has 0 bridgehead atoms. The molecule has 0 unspecified atom stereocenters. The van der Waals surface area contributed by atoms with Gasteiger partial charge in [-0.1, -0.05) is 29.4 Å². The Morgan fingerprint density at radius 2 is 1.92 bits per heavy atom. The van der Waals surface area contributed by atoms with E-state index >= 15 is 0 Å². The van der Waals surface area contributed by atoms with Gasteiger partial charge in [-0.3, -0.25) is 0 Å². The number of hydrogen-bond acceptors (Lipinski definition) is 9. The molecule has 1 aromatic rings. The summed E-state index contributed by atoms with van der Waals surface area (Å²) in [6.45, 7) is 5.17. The fourth-order valence-electron chi connectivity index (χ4n) is 1.56. The molecule has 0 spiro atoms. The van der Waals surface area contributed by atoms with Crippen molar-refractivity contribution in [1.82, 2.24) is 0 Å². The molecule has 0 aliphatic heterocycles. The average molecular weight is 350 g/mol. The van der Waals surface area contributed by atoms with Gasteiger partial charge >= 0.3 is 5.97 Å². The van der Waals surface area contributed by atoms with Crippen LogP contribution in [0.25, 0.3) is 0 Å². The maximum Gasteiger partial charge on any atom is 0.360 e. The summed E-state index contributed by atoms with van der Waals surface area (Å²) in [5.74, 6) is -0.597. The molecule has 0 aliphatic rings. The molecule has 1 rings (SSSR count). The van der Waals surface area contributed by atoms with Crippen LogP contribution >= 0.6 is 0 Å². The van der Waals surface area contributed by atoms with Crippen molar-refractivity contribution < 1.29 is 23.9 Å². The van der Waals surface area contributed by atoms with Gasteiger partial charge in [0.2, 0.25) is 0 Å². The second kappa shape index (κ2) is 14.4. The number of nitrogens with zero attached hydrogens (tertiary/aromatic N) is 4. The van der Waals surface area contributed by atoms with E-state index in [2.05, 4.69) is 41.6 Å². The number of methoxy groups -OCH3 is 1. The Morgan fingerprint density at radius 1 is 1.20 bits per heavy atom. The quantitative estimate of drug-likeness (QED) is 0.309. The largest absolute Gasteiger partial charge is 0.477 e. The second-order valence-corrected chi connectivity index (χ2v) is 3.99. The highest BCUT2D eigenvalue weighted by atomic mass is 16.6. The zero-order valence-electron chi connectivity index (χ0n) is 14.7. The van der Waals surface area contributed by atoms with Gasteiger partial charge in [0.25, 0.3) is 0 Å². The summed E-state index contributed by atoms with van der Waals surface area (Å²) < 4.78 is 9.85. The van der Waals surface area contributed by atoms with Crippen LogP contribution in [0.2, 0.25) is 0 Å². The standard InChI is InChI=1S/C13H15N3O4.C3H7NO/c1-14-15-9-20-8-10-6-4-5-7-11(10)12(16-19-3)13(17)18-2;1-3-4-5-2/h4-7,9H,1,8H2,2-3H3;3H,1-2H3/b15-9?,16-12-;. The first-order chi connectivity index (χ1) is 12.2. The van der Waals surface area contributed by atoms with Gasteiger partial charge in [0.05, 0.1) is 7.11 Å². The summed E-state index contributed by atoms with van der Waals surface area (Å²) in [5.41, 5.74) is 1.35. The van der Waals surface area contributed by atoms with Gasteiger partial charge < -0.3 is 19.1 Å². The molecule has 25 heavy (non-hydrogen) atoms. The third kappa shape index (κ3) is 8.84. The average Bonchev–Trinajstić information content (AvgIpc) is 2.64. The molecule has 0 fully saturated rings. The minimum atomic E-state index is -0.597. The fourth-order valence-corrected chi connectivity index (χ4v) is 1.56. The Labute approximate surface area is 146 Å². The smallest absolute Gasteiger partial charge is 0.360 e. The summed E-state index contributed by atoms with van der Waals surface area (Å²) in [7, 11) is 4.14. The Balaban J connectivity index is 0.00000101. The van der Waals surface area contributed by atoms with Crippen molar-refractivity contribution in [2.45, 2.75) is 13.5 Å². The summed E-state index contributed by atoms with van der Waals surface area (Å²) in [6.07, 6.45) is 2.75. The lowest BCUT2D eigenvalue weighted by molar-refractivity contribution is -0.132. The molecule has 1 aromatic carbocycles. The second-order valence-electron chi connectivity index (χ2n) is 3.99. The minimum absolute atomic E-state index is 0.0629. The lowest BCUT2D eigenvalue weighted by Gasteiger charge is -2.09. The zero-order valence-corrected chi connectivity index (χ0v) is 14.7. The van der Waals surface area contributed by atoms with Crippen molar-refractivity contribution in [2.75, 3.05) is 21.3 Å². The Bertz CT molecular complexity index is 614. The van der Waals surface area contributed by atoms with Crippen molar-refractivity contribution in [2.24, 2.45) is 20.5 Å². The van der Waals surface area contributed by atoms with Crippen LogP contribution in [0.15, 0.2) is 44.8 Å². The van der Waals surface area contributed by atoms with E-state index in [4.69, 9.17) is 4.74 Å². The molecule has 0 atom stereocenters. The Hall–Kier alpha value is -3.23. The van der Waals surface area contributed by atoms with Crippen LogP contribution in [0.1, 0.15) is 18.1 Å². The molecule has 0 saturated carbocycles. The van der Waals surface area contributed by atoms with Crippen LogP contribution in [-0.4, -0.2) is 52.3 Å². The first-order valence-corrected chi connectivity index (χ1v) is 7.04. The summed E-state index contributed by atoms with van der Waals surface area (Å²) in [6, 6.07) is 7.09. The zero-order chi connectivity index (χ0) is 18.9. The van der Waals surface area contributed by atoms with Crippen LogP contribution in [0.4, 0.5) is 0 Å². The lowest BCUT2D eigenvalue weighted by atomic mass is 10.0. The first kappa shape index (κ1) is 21.8. The van der Waals surface area contributed by atoms with Crippen molar-refractivity contribution >= 4 is 31.0 Å². The van der Waals surface area contributed by atoms with Crippen LogP contribution in [0.3, 0.4) is 0 Å². The molecule has 0 saturated heterocycles. The lowest BCUT2D eigenvalue weighted by Crippen LogP contribution is -2.19. The highest BCUT2D eigenvalue weighted by Crippen LogP contribution is 2.12. The first-order valence-electron chi connectivity index (χ1n) is 7.04. The van der Waals surface area contributed by atoms with Gasteiger partial charge in [-0.05, 0) is 12.5 Å². The van der Waals surface area contributed by atoms with Gasteiger partial charge in [-0.15, -0.1) is 10.3 Å². The molecule has 0 aromatic heterocycles. The minimum Gasteiger partial charge on any atom is -0.477 e. The maximum atomic E-state index is 11.7. The fraction of sp³-hybridized carbons (Fsp3) is 0.312. The van der Waals surface area contributed by atoms with Crippen molar-refractivity contribution in [3.63, 3.8) is 0 Å². The number of hydrogen-bond donors (Lipinski definition) is 0. The molecular formula is C16H22N4O5. The monoisotopic (exact) mass is 350 g/mol. The van der Waals surface area contributed by atoms with E-state index in [-0.39, 0.29) is 12.3 Å². The van der Waals surface area contributed by atoms with Crippen LogP contribution in [0.5, 0.6) is 0 Å². The van der Waals surface area contributed by atoms with Gasteiger partial charge in [0, 0.05) is 18.5 Å². The van der Waals surface area contributed by atoms with E-state index in [1.54, 1.807) is 31.3 Å². The van der Waals surface area contributed by atoms with Crippen LogP contribution < -0.4 is 0 Å². The van der Waals surface area contributed by atoms with Crippen molar-refractivity contribution in [3.8, 4) is 0 Å². The van der Waals surface area contributed by atoms with E-state index in [0.717, 1.165) is 12.0 Å². The summed E-state index contributed by atoms with van der Waals surface area (Å²) in [5, 5.41) is 13.8. The number of esters is 1. The van der Waals surface area contributed by atoms with Gasteiger partial charge in [0.15, 0.2) is 12.1 Å². The Kier molecular flexibility index (Phi) is 12.5. The van der Waals surface area contributed by atoms with Gasteiger partial charge in [-0.25, -0.2) is 4.79 Å². The van der Waals surface area contributed by atoms with Crippen molar-refractivity contribution in [3.05, 3.63) is 35.4 Å². The van der Waals surface area contributed by atoms with Gasteiger partial charge in [0.1, 0.15) is 20.8 Å². The predicted molar refractivity (Wildman–Crippen MR) is 96.0 cm³/mol. The van der Waals surface area contributed by atoms with E-state index in [0.29, 0.717) is 5.56 Å². The number of ether oxygens (including phenoxy) is 2. The molecule has 0 amide bonds. The Morgan fingerprint density at radius 3 is 2.44 bits per heavy atom. The van der Waals surface area contributed by atoms with E-state index in [1.165, 1.54) is 21.3 Å². The molecule has 0 heterocycles. The number of benzene rings is 1. The third-order valence-electron chi connectivity index (χ3n) is 2.49. The highest BCUT2D eigenvalue weighted by Gasteiger charge is 2.18. The molecule has 0 N–H and O–H groups in total. The number of oxime groups is 2. The maximum absolute atomic E-state index is 11.7. The summed E-state index contributed by atoms with van der Waals surface area (Å²) >= 11 is 0. The SMILES string of the molecule is C=NN=COCc1ccccc1/C(=N/OC)C(=O)OC.CC=NOC. The number of carbonyl (C=O) groups excluding carboxylic acids is 1. The normalized spacial score (nSPS) is 10.8. The number of rotatable bonds is 8. The van der Waals surface area contributed by atoms with E-state index in [1.807, 2.05) is 6.07 Å². The predicted octanol–water partition coefficient (Wildman–Crippen LogP) is 2.01. The molecule has 0 radical (unpaired) electrons. The highest BCUT2D eigenvalue weighted by molar-refractivity contribution is 6.43.